The van der Waals surface area contributed by atoms with Crippen LogP contribution in [-0.2, 0) is 0 Å². The number of carbonyl (C=O) groups excluding carboxylic acids is 1. The Kier molecular flexibility index (Phi) is 4.88. The van der Waals surface area contributed by atoms with Gasteiger partial charge < -0.3 is 15.0 Å². The molecule has 0 bridgehead atoms. The summed E-state index contributed by atoms with van der Waals surface area (Å²) in [5, 5.41) is 3.54. The molecule has 0 aliphatic carbocycles. The smallest absolute Gasteiger partial charge is 0.266 e. The number of para-hydroxylation sites is 2. The molecule has 1 aliphatic heterocycles. The van der Waals surface area contributed by atoms with Crippen molar-refractivity contribution in [2.75, 3.05) is 6.61 Å². The molecule has 0 unspecified atom stereocenters. The summed E-state index contributed by atoms with van der Waals surface area (Å²) in [6.07, 6.45) is 0.695. The maximum absolute atomic E-state index is 13.0. The molecule has 2 N–H and O–H groups in total. The number of hydrogen-bond acceptors (Lipinski definition) is 4. The lowest BCUT2D eigenvalue weighted by molar-refractivity contribution is 0.0925. The van der Waals surface area contributed by atoms with E-state index in [4.69, 9.17) is 17.0 Å². The van der Waals surface area contributed by atoms with Gasteiger partial charge in [0.15, 0.2) is 4.77 Å². The second-order valence-corrected chi connectivity index (χ2v) is 7.75. The molecule has 5 rings (SSSR count). The van der Waals surface area contributed by atoms with E-state index in [2.05, 4.69) is 10.3 Å². The number of aromatic amines is 1. The highest BCUT2D eigenvalue weighted by atomic mass is 32.1. The van der Waals surface area contributed by atoms with E-state index in [9.17, 15) is 9.59 Å². The van der Waals surface area contributed by atoms with Gasteiger partial charge in [0.1, 0.15) is 5.75 Å². The Morgan fingerprint density at radius 3 is 2.68 bits per heavy atom. The van der Waals surface area contributed by atoms with E-state index < -0.39 is 0 Å². The monoisotopic (exact) mass is 429 g/mol. The van der Waals surface area contributed by atoms with Crippen LogP contribution in [0.3, 0.4) is 0 Å². The molecule has 0 saturated carbocycles. The van der Waals surface area contributed by atoms with E-state index >= 15 is 0 Å². The molecule has 154 valence electrons. The van der Waals surface area contributed by atoms with Crippen molar-refractivity contribution in [1.82, 2.24) is 14.9 Å². The molecule has 3 aromatic carbocycles. The van der Waals surface area contributed by atoms with Gasteiger partial charge in [0.05, 0.1) is 29.2 Å². The lowest BCUT2D eigenvalue weighted by Crippen LogP contribution is -2.32. The van der Waals surface area contributed by atoms with Crippen LogP contribution in [0.25, 0.3) is 16.6 Å². The number of carbonyl (C=O) groups is 1. The Bertz CT molecular complexity index is 1410. The largest absolute Gasteiger partial charge is 0.493 e. The van der Waals surface area contributed by atoms with Gasteiger partial charge in [0.25, 0.3) is 11.5 Å². The van der Waals surface area contributed by atoms with Gasteiger partial charge in [0.2, 0.25) is 0 Å². The molecule has 1 aliphatic rings. The maximum atomic E-state index is 13.0. The first-order valence-electron chi connectivity index (χ1n) is 9.99. The number of nitrogens with one attached hydrogen (secondary N) is 2. The van der Waals surface area contributed by atoms with Crippen molar-refractivity contribution >= 4 is 29.0 Å². The van der Waals surface area contributed by atoms with E-state index in [1.54, 1.807) is 18.2 Å². The molecule has 2 heterocycles. The van der Waals surface area contributed by atoms with Crippen molar-refractivity contribution in [2.45, 2.75) is 12.5 Å². The lowest BCUT2D eigenvalue weighted by atomic mass is 10.00. The number of amides is 1. The third kappa shape index (κ3) is 3.53. The summed E-state index contributed by atoms with van der Waals surface area (Å²) in [5.41, 5.74) is 2.42. The van der Waals surface area contributed by atoms with Gasteiger partial charge in [-0.25, -0.2) is 0 Å². The average molecular weight is 430 g/mol. The minimum atomic E-state index is -0.227. The van der Waals surface area contributed by atoms with Gasteiger partial charge >= 0.3 is 0 Å². The summed E-state index contributed by atoms with van der Waals surface area (Å²) in [7, 11) is 0. The zero-order valence-electron chi connectivity index (χ0n) is 16.5. The number of H-pyrrole nitrogens is 1. The SMILES string of the molecule is O=C(N[C@H]1CCOc2ccccc21)c1ccc2c(=O)n(-c3ccccc3)c(=S)[nH]c2c1. The molecule has 1 aromatic heterocycles. The quantitative estimate of drug-likeness (QED) is 0.476. The van der Waals surface area contributed by atoms with Crippen LogP contribution in [-0.4, -0.2) is 22.1 Å². The maximum Gasteiger partial charge on any atom is 0.266 e. The third-order valence-corrected chi connectivity index (χ3v) is 5.72. The molecule has 0 saturated heterocycles. The molecule has 4 aromatic rings. The third-order valence-electron chi connectivity index (χ3n) is 5.44. The number of fused-ring (bicyclic) bond motifs is 2. The number of hydrogen-bond donors (Lipinski definition) is 2. The minimum absolute atomic E-state index is 0.127. The summed E-state index contributed by atoms with van der Waals surface area (Å²) in [5.74, 6) is 0.582. The highest BCUT2D eigenvalue weighted by Gasteiger charge is 2.23. The molecule has 6 nitrogen and oxygen atoms in total. The fourth-order valence-electron chi connectivity index (χ4n) is 3.90. The van der Waals surface area contributed by atoms with Gasteiger partial charge in [-0.05, 0) is 48.6 Å². The average Bonchev–Trinajstić information content (AvgIpc) is 2.79. The van der Waals surface area contributed by atoms with Crippen molar-refractivity contribution in [1.29, 1.82) is 0 Å². The van der Waals surface area contributed by atoms with Crippen molar-refractivity contribution in [3.05, 3.63) is 99.0 Å². The molecular formula is C24H19N3O3S. The Labute approximate surface area is 183 Å². The van der Waals surface area contributed by atoms with Crippen LogP contribution in [0, 0.1) is 4.77 Å². The van der Waals surface area contributed by atoms with Gasteiger partial charge in [-0.2, -0.15) is 0 Å². The van der Waals surface area contributed by atoms with Crippen molar-refractivity contribution in [2.24, 2.45) is 0 Å². The van der Waals surface area contributed by atoms with Crippen LogP contribution in [0.5, 0.6) is 5.75 Å². The minimum Gasteiger partial charge on any atom is -0.493 e. The number of rotatable bonds is 3. The fraction of sp³-hybridized carbons (Fsp3) is 0.125. The molecule has 7 heteroatoms. The van der Waals surface area contributed by atoms with Crippen molar-refractivity contribution < 1.29 is 9.53 Å². The first-order chi connectivity index (χ1) is 15.1. The Hall–Kier alpha value is -3.71. The first-order valence-corrected chi connectivity index (χ1v) is 10.4. The molecule has 0 spiro atoms. The van der Waals surface area contributed by atoms with Gasteiger partial charge in [-0.1, -0.05) is 36.4 Å². The lowest BCUT2D eigenvalue weighted by Gasteiger charge is -2.26. The normalized spacial score (nSPS) is 15.2. The second kappa shape index (κ2) is 7.85. The van der Waals surface area contributed by atoms with Crippen molar-refractivity contribution in [3.8, 4) is 11.4 Å². The van der Waals surface area contributed by atoms with E-state index in [0.717, 1.165) is 11.3 Å². The van der Waals surface area contributed by atoms with Crippen LogP contribution < -0.4 is 15.6 Å². The number of ether oxygens (including phenoxy) is 1. The molecule has 1 amide bonds. The van der Waals surface area contributed by atoms with E-state index in [0.29, 0.717) is 35.2 Å². The Morgan fingerprint density at radius 1 is 1.06 bits per heavy atom. The molecule has 1 atom stereocenters. The number of nitrogens with zero attached hydrogens (tertiary/aromatic N) is 1. The zero-order valence-corrected chi connectivity index (χ0v) is 17.3. The summed E-state index contributed by atoms with van der Waals surface area (Å²) in [4.78, 5) is 29.1. The van der Waals surface area contributed by atoms with Gasteiger partial charge in [0, 0.05) is 17.5 Å². The predicted octanol–water partition coefficient (Wildman–Crippen LogP) is 4.30. The van der Waals surface area contributed by atoms with Gasteiger partial charge in [-0.3, -0.25) is 14.2 Å². The van der Waals surface area contributed by atoms with Gasteiger partial charge in [-0.15, -0.1) is 0 Å². The summed E-state index contributed by atoms with van der Waals surface area (Å²) in [6, 6.07) is 21.8. The molecule has 0 fully saturated rings. The predicted molar refractivity (Wildman–Crippen MR) is 121 cm³/mol. The topological polar surface area (TPSA) is 76.1 Å². The van der Waals surface area contributed by atoms with E-state index in [-0.39, 0.29) is 22.3 Å². The fourth-order valence-corrected chi connectivity index (χ4v) is 4.20. The summed E-state index contributed by atoms with van der Waals surface area (Å²) in [6.45, 7) is 0.547. The number of benzene rings is 3. The van der Waals surface area contributed by atoms with E-state index in [1.807, 2.05) is 54.6 Å². The van der Waals surface area contributed by atoms with Crippen LogP contribution in [0.15, 0.2) is 77.6 Å². The molecule has 31 heavy (non-hydrogen) atoms. The van der Waals surface area contributed by atoms with Crippen LogP contribution >= 0.6 is 12.2 Å². The standard InChI is InChI=1S/C24H19N3O3S/c28-22(25-19-12-13-30-21-9-5-4-8-17(19)21)15-10-11-18-20(14-15)26-24(31)27(23(18)29)16-6-2-1-3-7-16/h1-11,14,19H,12-13H2,(H,25,28)(H,26,31)/t19-/m0/s1. The van der Waals surface area contributed by atoms with Crippen molar-refractivity contribution in [3.63, 3.8) is 0 Å². The molecule has 0 radical (unpaired) electrons. The summed E-state index contributed by atoms with van der Waals surface area (Å²) >= 11 is 5.43. The van der Waals surface area contributed by atoms with Crippen LogP contribution in [0.4, 0.5) is 0 Å². The highest BCUT2D eigenvalue weighted by molar-refractivity contribution is 7.71. The highest BCUT2D eigenvalue weighted by Crippen LogP contribution is 2.31. The second-order valence-electron chi connectivity index (χ2n) is 7.37. The van der Waals surface area contributed by atoms with E-state index in [1.165, 1.54) is 4.57 Å². The zero-order chi connectivity index (χ0) is 21.4. The first kappa shape index (κ1) is 19.3. The van der Waals surface area contributed by atoms with Crippen LogP contribution in [0.1, 0.15) is 28.4 Å². The Morgan fingerprint density at radius 2 is 1.84 bits per heavy atom. The molecular weight excluding hydrogens is 410 g/mol. The summed E-state index contributed by atoms with van der Waals surface area (Å²) < 4.78 is 7.40. The Balaban J connectivity index is 1.49. The number of aromatic nitrogens is 2. The van der Waals surface area contributed by atoms with Crippen LogP contribution in [0.2, 0.25) is 0 Å².